The van der Waals surface area contributed by atoms with Crippen molar-refractivity contribution in [3.05, 3.63) is 17.8 Å². The minimum Gasteiger partial charge on any atom is -0.381 e. The molecule has 1 N–H and O–H groups in total. The van der Waals surface area contributed by atoms with Gasteiger partial charge in [0.1, 0.15) is 11.3 Å². The summed E-state index contributed by atoms with van der Waals surface area (Å²) in [5.41, 5.74) is 2.75. The highest BCUT2D eigenvalue weighted by Crippen LogP contribution is 2.40. The first-order valence-corrected chi connectivity index (χ1v) is 11.9. The lowest BCUT2D eigenvalue weighted by atomic mass is 9.86. The van der Waals surface area contributed by atoms with Gasteiger partial charge in [0.25, 0.3) is 0 Å². The molecule has 4 saturated heterocycles. The smallest absolute Gasteiger partial charge is 0.235 e. The summed E-state index contributed by atoms with van der Waals surface area (Å²) in [5, 5.41) is 8.43. The number of anilines is 1. The molecule has 4 aliphatic heterocycles. The highest BCUT2D eigenvalue weighted by Gasteiger charge is 2.49. The molecule has 2 aromatic rings. The summed E-state index contributed by atoms with van der Waals surface area (Å²) < 4.78 is 13.7. The van der Waals surface area contributed by atoms with E-state index in [-0.39, 0.29) is 17.6 Å². The molecule has 1 unspecified atom stereocenters. The molecule has 8 nitrogen and oxygen atoms in total. The zero-order valence-electron chi connectivity index (χ0n) is 18.0. The van der Waals surface area contributed by atoms with Gasteiger partial charge in [0, 0.05) is 38.8 Å². The summed E-state index contributed by atoms with van der Waals surface area (Å²) in [4.78, 5) is 20.2. The number of carbonyl (C=O) groups excluding carboxylic acids is 1. The lowest BCUT2D eigenvalue weighted by molar-refractivity contribution is -0.124. The average molecular weight is 426 g/mol. The number of pyridine rings is 1. The first-order valence-electron chi connectivity index (χ1n) is 11.9. The van der Waals surface area contributed by atoms with Crippen LogP contribution < -0.4 is 10.2 Å². The van der Waals surface area contributed by atoms with Crippen LogP contribution in [0.4, 0.5) is 5.82 Å². The van der Waals surface area contributed by atoms with E-state index in [1.165, 1.54) is 0 Å². The van der Waals surface area contributed by atoms with E-state index >= 15 is 0 Å². The molecule has 4 aliphatic rings. The number of amides is 1. The standard InChI is InChI=1S/C23H31N5O3/c29-22-23(8-10-24-15-23)9-11-27(22)18-5-4-17-21(25-18)20(16-6-13-30-14-7-16)26-28(17)19-3-1-2-12-31-19/h4-5,16,19,24H,1-3,6-15H2/t19?,23-/m0/s1. The molecule has 2 atom stereocenters. The third kappa shape index (κ3) is 3.27. The first-order chi connectivity index (χ1) is 15.3. The van der Waals surface area contributed by atoms with Gasteiger partial charge in [-0.1, -0.05) is 0 Å². The first kappa shape index (κ1) is 19.6. The summed E-state index contributed by atoms with van der Waals surface area (Å²) in [6, 6.07) is 4.09. The van der Waals surface area contributed by atoms with Crippen molar-refractivity contribution in [2.75, 3.05) is 44.4 Å². The Morgan fingerprint density at radius 1 is 1.10 bits per heavy atom. The Morgan fingerprint density at radius 2 is 2.00 bits per heavy atom. The summed E-state index contributed by atoms with van der Waals surface area (Å²) in [6.07, 6.45) is 6.96. The third-order valence-electron chi connectivity index (χ3n) is 7.63. The molecule has 166 valence electrons. The van der Waals surface area contributed by atoms with Gasteiger partial charge in [-0.3, -0.25) is 9.69 Å². The number of carbonyl (C=O) groups is 1. The van der Waals surface area contributed by atoms with Crippen molar-refractivity contribution in [3.8, 4) is 0 Å². The quantitative estimate of drug-likeness (QED) is 0.814. The predicted octanol–water partition coefficient (Wildman–Crippen LogP) is 2.74. The van der Waals surface area contributed by atoms with Crippen LogP contribution in [0.15, 0.2) is 12.1 Å². The van der Waals surface area contributed by atoms with Gasteiger partial charge in [-0.05, 0) is 63.6 Å². The van der Waals surface area contributed by atoms with E-state index in [4.69, 9.17) is 19.6 Å². The van der Waals surface area contributed by atoms with Crippen LogP contribution in [0, 0.1) is 5.41 Å². The van der Waals surface area contributed by atoms with E-state index in [2.05, 4.69) is 11.4 Å². The van der Waals surface area contributed by atoms with Crippen molar-refractivity contribution in [1.29, 1.82) is 0 Å². The van der Waals surface area contributed by atoms with E-state index in [1.54, 1.807) is 0 Å². The maximum Gasteiger partial charge on any atom is 0.235 e. The van der Waals surface area contributed by atoms with Gasteiger partial charge >= 0.3 is 0 Å². The summed E-state index contributed by atoms with van der Waals surface area (Å²) >= 11 is 0. The predicted molar refractivity (Wildman–Crippen MR) is 116 cm³/mol. The SMILES string of the molecule is O=C1N(c2ccc3c(n2)c(C2CCOCC2)nn3C2CCCCO2)CC[C@]12CCNC2. The maximum absolute atomic E-state index is 13.3. The van der Waals surface area contributed by atoms with Gasteiger partial charge in [-0.25, -0.2) is 9.67 Å². The Balaban J connectivity index is 1.40. The molecule has 2 aromatic heterocycles. The molecule has 6 rings (SSSR count). The van der Waals surface area contributed by atoms with Crippen LogP contribution in [0.3, 0.4) is 0 Å². The van der Waals surface area contributed by atoms with Crippen LogP contribution >= 0.6 is 0 Å². The van der Waals surface area contributed by atoms with Crippen molar-refractivity contribution in [3.63, 3.8) is 0 Å². The Morgan fingerprint density at radius 3 is 2.77 bits per heavy atom. The molecule has 8 heteroatoms. The fourth-order valence-electron chi connectivity index (χ4n) is 5.74. The Kier molecular flexibility index (Phi) is 4.96. The molecule has 0 radical (unpaired) electrons. The van der Waals surface area contributed by atoms with Gasteiger partial charge < -0.3 is 14.8 Å². The molecule has 0 aromatic carbocycles. The lowest BCUT2D eigenvalue weighted by Gasteiger charge is -2.24. The zero-order valence-corrected chi connectivity index (χ0v) is 18.0. The molecule has 31 heavy (non-hydrogen) atoms. The maximum atomic E-state index is 13.3. The largest absolute Gasteiger partial charge is 0.381 e. The number of hydrogen-bond donors (Lipinski definition) is 1. The van der Waals surface area contributed by atoms with Crippen molar-refractivity contribution < 1.29 is 14.3 Å². The van der Waals surface area contributed by atoms with Gasteiger partial charge in [0.2, 0.25) is 5.91 Å². The van der Waals surface area contributed by atoms with Gasteiger partial charge in [0.05, 0.1) is 16.6 Å². The van der Waals surface area contributed by atoms with Gasteiger partial charge in [0.15, 0.2) is 6.23 Å². The third-order valence-corrected chi connectivity index (χ3v) is 7.63. The molecule has 0 bridgehead atoms. The molecule has 6 heterocycles. The summed E-state index contributed by atoms with van der Waals surface area (Å²) in [6.45, 7) is 4.76. The molecular weight excluding hydrogens is 394 g/mol. The van der Waals surface area contributed by atoms with Crippen LogP contribution in [0.5, 0.6) is 0 Å². The van der Waals surface area contributed by atoms with Crippen LogP contribution in [-0.4, -0.2) is 60.1 Å². The van der Waals surface area contributed by atoms with Crippen molar-refractivity contribution in [2.24, 2.45) is 5.41 Å². The highest BCUT2D eigenvalue weighted by molar-refractivity contribution is 6.00. The lowest BCUT2D eigenvalue weighted by Crippen LogP contribution is -2.36. The van der Waals surface area contributed by atoms with E-state index < -0.39 is 0 Å². The topological polar surface area (TPSA) is 81.5 Å². The molecular formula is C23H31N5O3. The van der Waals surface area contributed by atoms with Crippen LogP contribution in [-0.2, 0) is 14.3 Å². The van der Waals surface area contributed by atoms with Crippen molar-refractivity contribution in [2.45, 2.75) is 57.1 Å². The van der Waals surface area contributed by atoms with Crippen LogP contribution in [0.2, 0.25) is 0 Å². The molecule has 0 aliphatic carbocycles. The number of rotatable bonds is 3. The fourth-order valence-corrected chi connectivity index (χ4v) is 5.74. The Hall–Kier alpha value is -2.03. The second-order valence-electron chi connectivity index (χ2n) is 9.49. The molecule has 1 amide bonds. The van der Waals surface area contributed by atoms with Crippen molar-refractivity contribution in [1.82, 2.24) is 20.1 Å². The molecule has 4 fully saturated rings. The molecule has 1 spiro atoms. The number of nitrogens with one attached hydrogen (secondary N) is 1. The van der Waals surface area contributed by atoms with Crippen molar-refractivity contribution >= 4 is 22.8 Å². The minimum atomic E-state index is -0.236. The highest BCUT2D eigenvalue weighted by atomic mass is 16.5. The van der Waals surface area contributed by atoms with Gasteiger partial charge in [-0.15, -0.1) is 0 Å². The Labute approximate surface area is 182 Å². The monoisotopic (exact) mass is 425 g/mol. The van der Waals surface area contributed by atoms with E-state index in [9.17, 15) is 4.79 Å². The normalized spacial score (nSPS) is 30.1. The number of ether oxygens (including phenoxy) is 2. The van der Waals surface area contributed by atoms with Gasteiger partial charge in [-0.2, -0.15) is 5.10 Å². The second-order valence-corrected chi connectivity index (χ2v) is 9.49. The van der Waals surface area contributed by atoms with E-state index in [0.29, 0.717) is 5.92 Å². The van der Waals surface area contributed by atoms with Crippen LogP contribution in [0.25, 0.3) is 11.0 Å². The summed E-state index contributed by atoms with van der Waals surface area (Å²) in [7, 11) is 0. The van der Waals surface area contributed by atoms with E-state index in [0.717, 1.165) is 107 Å². The summed E-state index contributed by atoms with van der Waals surface area (Å²) in [5.74, 6) is 1.32. The fraction of sp³-hybridized carbons (Fsp3) is 0.696. The van der Waals surface area contributed by atoms with Crippen LogP contribution in [0.1, 0.15) is 62.8 Å². The number of hydrogen-bond acceptors (Lipinski definition) is 6. The average Bonchev–Trinajstić information content (AvgIpc) is 3.53. The Bertz CT molecular complexity index is 971. The number of fused-ring (bicyclic) bond motifs is 1. The number of aromatic nitrogens is 3. The number of nitrogens with zero attached hydrogens (tertiary/aromatic N) is 4. The van der Waals surface area contributed by atoms with E-state index in [1.807, 2.05) is 15.6 Å². The molecule has 0 saturated carbocycles. The minimum absolute atomic E-state index is 0.0289. The second kappa shape index (κ2) is 7.83. The zero-order chi connectivity index (χ0) is 20.8.